The quantitative estimate of drug-likeness (QED) is 0.822. The average molecular weight is 270 g/mol. The van der Waals surface area contributed by atoms with Crippen LogP contribution in [0.15, 0.2) is 0 Å². The van der Waals surface area contributed by atoms with E-state index in [1.807, 2.05) is 0 Å². The Labute approximate surface area is 115 Å². The van der Waals surface area contributed by atoms with Gasteiger partial charge < -0.3 is 10.6 Å². The largest absolute Gasteiger partial charge is 0.353 e. The van der Waals surface area contributed by atoms with Gasteiger partial charge in [-0.05, 0) is 45.3 Å². The van der Waals surface area contributed by atoms with Crippen LogP contribution >= 0.6 is 11.8 Å². The highest BCUT2D eigenvalue weighted by molar-refractivity contribution is 7.99. The lowest BCUT2D eigenvalue weighted by Crippen LogP contribution is -2.46. The molecule has 104 valence electrons. The maximum atomic E-state index is 12.2. The molecule has 3 unspecified atom stereocenters. The fourth-order valence-electron chi connectivity index (χ4n) is 3.02. The molecule has 3 atom stereocenters. The molecule has 1 saturated heterocycles. The Morgan fingerprint density at radius 2 is 2.11 bits per heavy atom. The van der Waals surface area contributed by atoms with Crippen molar-refractivity contribution in [2.24, 2.45) is 5.92 Å². The van der Waals surface area contributed by atoms with E-state index in [0.717, 1.165) is 18.9 Å². The second-order valence-corrected chi connectivity index (χ2v) is 7.80. The predicted octanol–water partition coefficient (Wildman–Crippen LogP) is 2.16. The van der Waals surface area contributed by atoms with Gasteiger partial charge in [0.2, 0.25) is 5.91 Å². The molecule has 0 aromatic carbocycles. The van der Waals surface area contributed by atoms with E-state index >= 15 is 0 Å². The number of fused-ring (bicyclic) bond motifs is 1. The number of hydrogen-bond donors (Lipinski definition) is 2. The highest BCUT2D eigenvalue weighted by Gasteiger charge is 2.38. The Bertz CT molecular complexity index is 292. The molecule has 2 fully saturated rings. The summed E-state index contributed by atoms with van der Waals surface area (Å²) in [5, 5.41) is 6.63. The monoisotopic (exact) mass is 270 g/mol. The van der Waals surface area contributed by atoms with Crippen LogP contribution in [0.4, 0.5) is 0 Å². The second-order valence-electron chi connectivity index (χ2n) is 6.29. The van der Waals surface area contributed by atoms with Gasteiger partial charge in [0.05, 0.1) is 6.04 Å². The molecule has 0 spiro atoms. The third-order valence-electron chi connectivity index (χ3n) is 4.42. The van der Waals surface area contributed by atoms with Gasteiger partial charge in [0.25, 0.3) is 0 Å². The van der Waals surface area contributed by atoms with Crippen LogP contribution < -0.4 is 10.6 Å². The van der Waals surface area contributed by atoms with Crippen LogP contribution in [0.2, 0.25) is 0 Å². The van der Waals surface area contributed by atoms with E-state index in [9.17, 15) is 4.79 Å². The minimum absolute atomic E-state index is 0.0516. The average Bonchev–Trinajstić information content (AvgIpc) is 2.80. The minimum Gasteiger partial charge on any atom is -0.353 e. The molecule has 0 aromatic rings. The number of rotatable bonds is 4. The Hall–Kier alpha value is -0.220. The maximum Gasteiger partial charge on any atom is 0.237 e. The van der Waals surface area contributed by atoms with E-state index in [-0.39, 0.29) is 16.7 Å². The molecule has 1 amide bonds. The van der Waals surface area contributed by atoms with Crippen molar-refractivity contribution in [1.29, 1.82) is 0 Å². The summed E-state index contributed by atoms with van der Waals surface area (Å²) in [4.78, 5) is 12.2. The van der Waals surface area contributed by atoms with Gasteiger partial charge in [0.15, 0.2) is 0 Å². The Kier molecular flexibility index (Phi) is 4.59. The maximum absolute atomic E-state index is 12.2. The first-order valence-corrected chi connectivity index (χ1v) is 8.33. The van der Waals surface area contributed by atoms with Gasteiger partial charge in [0.1, 0.15) is 0 Å². The van der Waals surface area contributed by atoms with E-state index in [1.54, 1.807) is 11.8 Å². The molecule has 2 N–H and O–H groups in total. The first-order valence-electron chi connectivity index (χ1n) is 7.11. The van der Waals surface area contributed by atoms with Crippen LogP contribution in [0, 0.1) is 5.92 Å². The molecule has 1 aliphatic carbocycles. The predicted molar refractivity (Wildman–Crippen MR) is 77.9 cm³/mol. The fourth-order valence-corrected chi connectivity index (χ4v) is 3.23. The fraction of sp³-hybridized carbons (Fsp3) is 0.929. The van der Waals surface area contributed by atoms with Gasteiger partial charge in [0, 0.05) is 17.3 Å². The van der Waals surface area contributed by atoms with Crippen LogP contribution in [0.25, 0.3) is 0 Å². The van der Waals surface area contributed by atoms with Crippen molar-refractivity contribution in [3.63, 3.8) is 0 Å². The normalized spacial score (nSPS) is 32.1. The number of hydrogen-bond acceptors (Lipinski definition) is 3. The molecule has 2 rings (SSSR count). The topological polar surface area (TPSA) is 41.1 Å². The summed E-state index contributed by atoms with van der Waals surface area (Å²) in [5.74, 6) is 0.939. The molecular weight excluding hydrogens is 244 g/mol. The summed E-state index contributed by atoms with van der Waals surface area (Å²) in [6.07, 6.45) is 8.35. The molecule has 2 aliphatic rings. The van der Waals surface area contributed by atoms with Crippen molar-refractivity contribution in [1.82, 2.24) is 10.6 Å². The first kappa shape index (κ1) is 14.2. The molecule has 0 bridgehead atoms. The van der Waals surface area contributed by atoms with E-state index in [1.165, 1.54) is 25.7 Å². The number of thioether (sulfide) groups is 1. The third kappa shape index (κ3) is 3.41. The molecule has 3 nitrogen and oxygen atoms in total. The highest BCUT2D eigenvalue weighted by atomic mass is 32.2. The zero-order valence-electron chi connectivity index (χ0n) is 11.8. The molecule has 1 heterocycles. The molecule has 1 saturated carbocycles. The molecular formula is C14H26N2OS. The van der Waals surface area contributed by atoms with Gasteiger partial charge >= 0.3 is 0 Å². The molecule has 4 heteroatoms. The van der Waals surface area contributed by atoms with Crippen molar-refractivity contribution >= 4 is 17.7 Å². The standard InChI is InChI=1S/C14H26N2OS/c1-14(2,18-3)9-15-13(17)12-8-10-6-4-5-7-11(10)16-12/h10-12,16H,4-9H2,1-3H3,(H,15,17). The van der Waals surface area contributed by atoms with E-state index in [4.69, 9.17) is 0 Å². The minimum atomic E-state index is 0.0516. The summed E-state index contributed by atoms with van der Waals surface area (Å²) >= 11 is 1.80. The number of carbonyl (C=O) groups excluding carboxylic acids is 1. The Morgan fingerprint density at radius 1 is 1.39 bits per heavy atom. The second kappa shape index (κ2) is 5.83. The van der Waals surface area contributed by atoms with Crippen LogP contribution in [-0.4, -0.2) is 35.5 Å². The Morgan fingerprint density at radius 3 is 2.78 bits per heavy atom. The smallest absolute Gasteiger partial charge is 0.237 e. The summed E-state index contributed by atoms with van der Waals surface area (Å²) in [7, 11) is 0. The summed E-state index contributed by atoms with van der Waals surface area (Å²) in [6.45, 7) is 5.08. The molecule has 1 aliphatic heterocycles. The lowest BCUT2D eigenvalue weighted by molar-refractivity contribution is -0.123. The summed E-state index contributed by atoms with van der Waals surface area (Å²) in [5.41, 5.74) is 0. The van der Waals surface area contributed by atoms with Crippen LogP contribution in [-0.2, 0) is 4.79 Å². The van der Waals surface area contributed by atoms with Gasteiger partial charge in [-0.3, -0.25) is 4.79 Å². The molecule has 0 radical (unpaired) electrons. The number of nitrogens with one attached hydrogen (secondary N) is 2. The number of amides is 1. The van der Waals surface area contributed by atoms with Crippen molar-refractivity contribution in [2.75, 3.05) is 12.8 Å². The van der Waals surface area contributed by atoms with E-state index in [0.29, 0.717) is 6.04 Å². The van der Waals surface area contributed by atoms with Gasteiger partial charge in [-0.25, -0.2) is 0 Å². The SMILES string of the molecule is CSC(C)(C)CNC(=O)C1CC2CCCCC2N1. The van der Waals surface area contributed by atoms with Crippen LogP contribution in [0.5, 0.6) is 0 Å². The zero-order valence-corrected chi connectivity index (χ0v) is 12.6. The van der Waals surface area contributed by atoms with Crippen LogP contribution in [0.1, 0.15) is 46.0 Å². The summed E-state index contributed by atoms with van der Waals surface area (Å²) in [6, 6.07) is 0.652. The zero-order chi connectivity index (χ0) is 13.2. The Balaban J connectivity index is 1.80. The number of carbonyl (C=O) groups is 1. The van der Waals surface area contributed by atoms with Crippen LogP contribution in [0.3, 0.4) is 0 Å². The van der Waals surface area contributed by atoms with Gasteiger partial charge in [-0.1, -0.05) is 12.8 Å². The molecule has 18 heavy (non-hydrogen) atoms. The van der Waals surface area contributed by atoms with Crippen molar-refractivity contribution in [2.45, 2.75) is 62.8 Å². The van der Waals surface area contributed by atoms with Crippen molar-refractivity contribution in [3.8, 4) is 0 Å². The summed E-state index contributed by atoms with van der Waals surface area (Å²) < 4.78 is 0.126. The third-order valence-corrected chi connectivity index (χ3v) is 5.67. The van der Waals surface area contributed by atoms with E-state index in [2.05, 4.69) is 30.7 Å². The van der Waals surface area contributed by atoms with Gasteiger partial charge in [-0.15, -0.1) is 0 Å². The molecule has 0 aromatic heterocycles. The lowest BCUT2D eigenvalue weighted by atomic mass is 9.85. The lowest BCUT2D eigenvalue weighted by Gasteiger charge is -2.24. The first-order chi connectivity index (χ1) is 8.52. The van der Waals surface area contributed by atoms with Gasteiger partial charge in [-0.2, -0.15) is 11.8 Å². The highest BCUT2D eigenvalue weighted by Crippen LogP contribution is 2.33. The van der Waals surface area contributed by atoms with Crippen molar-refractivity contribution < 1.29 is 4.79 Å². The van der Waals surface area contributed by atoms with Crippen molar-refractivity contribution in [3.05, 3.63) is 0 Å². The van der Waals surface area contributed by atoms with E-state index < -0.39 is 0 Å².